The van der Waals surface area contributed by atoms with E-state index in [1.165, 1.54) is 24.3 Å². The first-order valence-corrected chi connectivity index (χ1v) is 6.91. The Labute approximate surface area is 123 Å². The van der Waals surface area contributed by atoms with Crippen molar-refractivity contribution in [3.63, 3.8) is 0 Å². The second-order valence-electron chi connectivity index (χ2n) is 4.89. The number of benzene rings is 1. The highest BCUT2D eigenvalue weighted by Crippen LogP contribution is 2.11. The molecular formula is C15H21FN2O3. The topological polar surface area (TPSA) is 81.4 Å². The monoisotopic (exact) mass is 296 g/mol. The third-order valence-corrected chi connectivity index (χ3v) is 3.25. The van der Waals surface area contributed by atoms with Crippen molar-refractivity contribution in [1.82, 2.24) is 5.32 Å². The van der Waals surface area contributed by atoms with E-state index in [2.05, 4.69) is 5.32 Å². The van der Waals surface area contributed by atoms with Gasteiger partial charge in [-0.3, -0.25) is 9.59 Å². The molecule has 2 atom stereocenters. The van der Waals surface area contributed by atoms with Crippen LogP contribution in [0, 0.1) is 11.7 Å². The zero-order valence-electron chi connectivity index (χ0n) is 12.3. The molecule has 0 radical (unpaired) electrons. The lowest BCUT2D eigenvalue weighted by molar-refractivity contribution is -0.128. The number of hydrogen-bond donors (Lipinski definition) is 2. The molecule has 0 heterocycles. The Hall–Kier alpha value is -2.11. The number of carbonyl (C=O) groups excluding carboxylic acids is 2. The number of primary amides is 1. The van der Waals surface area contributed by atoms with Crippen molar-refractivity contribution in [3.8, 4) is 5.75 Å². The molecule has 3 N–H and O–H groups in total. The molecule has 6 heteroatoms. The molecule has 0 fully saturated rings. The highest BCUT2D eigenvalue weighted by Gasteiger charge is 2.23. The third-order valence-electron chi connectivity index (χ3n) is 3.25. The van der Waals surface area contributed by atoms with Crippen molar-refractivity contribution in [1.29, 1.82) is 0 Å². The van der Waals surface area contributed by atoms with Gasteiger partial charge in [-0.1, -0.05) is 20.3 Å². The predicted octanol–water partition coefficient (Wildman–Crippen LogP) is 1.61. The lowest BCUT2D eigenvalue weighted by atomic mass is 9.98. The van der Waals surface area contributed by atoms with E-state index in [-0.39, 0.29) is 30.7 Å². The van der Waals surface area contributed by atoms with Gasteiger partial charge in [-0.05, 0) is 30.2 Å². The molecule has 116 valence electrons. The van der Waals surface area contributed by atoms with Gasteiger partial charge in [0.1, 0.15) is 17.6 Å². The molecule has 21 heavy (non-hydrogen) atoms. The van der Waals surface area contributed by atoms with Gasteiger partial charge >= 0.3 is 0 Å². The minimum absolute atomic E-state index is 0.0236. The first-order chi connectivity index (χ1) is 9.93. The quantitative estimate of drug-likeness (QED) is 0.764. The summed E-state index contributed by atoms with van der Waals surface area (Å²) in [7, 11) is 0. The Morgan fingerprint density at radius 2 is 1.95 bits per heavy atom. The molecule has 0 spiro atoms. The Kier molecular flexibility index (Phi) is 6.65. The summed E-state index contributed by atoms with van der Waals surface area (Å²) >= 11 is 0. The van der Waals surface area contributed by atoms with Crippen LogP contribution in [0.5, 0.6) is 5.75 Å². The number of rotatable bonds is 8. The maximum absolute atomic E-state index is 12.7. The average Bonchev–Trinajstić information content (AvgIpc) is 2.45. The van der Waals surface area contributed by atoms with Crippen molar-refractivity contribution < 1.29 is 18.7 Å². The van der Waals surface area contributed by atoms with E-state index in [1.54, 1.807) is 0 Å². The van der Waals surface area contributed by atoms with E-state index in [9.17, 15) is 14.0 Å². The molecule has 2 unspecified atom stereocenters. The van der Waals surface area contributed by atoms with Crippen LogP contribution in [0.25, 0.3) is 0 Å². The van der Waals surface area contributed by atoms with Crippen LogP contribution in [0.2, 0.25) is 0 Å². The summed E-state index contributed by atoms with van der Waals surface area (Å²) in [6, 6.07) is 4.86. The van der Waals surface area contributed by atoms with Gasteiger partial charge in [0.25, 0.3) is 0 Å². The molecule has 0 aromatic heterocycles. The number of nitrogens with two attached hydrogens (primary N) is 1. The van der Waals surface area contributed by atoms with Gasteiger partial charge in [-0.2, -0.15) is 0 Å². The summed E-state index contributed by atoms with van der Waals surface area (Å²) < 4.78 is 18.0. The zero-order valence-corrected chi connectivity index (χ0v) is 12.3. The van der Waals surface area contributed by atoms with Crippen LogP contribution in [0.4, 0.5) is 4.39 Å². The van der Waals surface area contributed by atoms with Crippen LogP contribution >= 0.6 is 0 Å². The second-order valence-corrected chi connectivity index (χ2v) is 4.89. The van der Waals surface area contributed by atoms with Crippen LogP contribution in [-0.4, -0.2) is 24.5 Å². The zero-order chi connectivity index (χ0) is 15.8. The van der Waals surface area contributed by atoms with E-state index in [1.807, 2.05) is 13.8 Å². The standard InChI is InChI=1S/C15H21FN2O3/c1-3-10(2)14(15(17)20)18-13(19)8-9-21-12-6-4-11(16)5-7-12/h4-7,10,14H,3,8-9H2,1-2H3,(H2,17,20)(H,18,19). The van der Waals surface area contributed by atoms with Crippen LogP contribution in [0.1, 0.15) is 26.7 Å². The Bertz CT molecular complexity index is 476. The number of halogens is 1. The molecular weight excluding hydrogens is 275 g/mol. The normalized spacial score (nSPS) is 13.3. The molecule has 2 amide bonds. The van der Waals surface area contributed by atoms with E-state index in [0.717, 1.165) is 6.42 Å². The van der Waals surface area contributed by atoms with Gasteiger partial charge in [-0.15, -0.1) is 0 Å². The van der Waals surface area contributed by atoms with Gasteiger partial charge in [0.05, 0.1) is 13.0 Å². The fourth-order valence-corrected chi connectivity index (χ4v) is 1.77. The molecule has 0 aliphatic rings. The highest BCUT2D eigenvalue weighted by molar-refractivity contribution is 5.86. The Morgan fingerprint density at radius 3 is 2.48 bits per heavy atom. The summed E-state index contributed by atoms with van der Waals surface area (Å²) in [6.45, 7) is 3.92. The lowest BCUT2D eigenvalue weighted by Gasteiger charge is -2.21. The summed E-state index contributed by atoms with van der Waals surface area (Å²) in [5, 5.41) is 2.61. The molecule has 1 aromatic rings. The van der Waals surface area contributed by atoms with Crippen LogP contribution in [0.3, 0.4) is 0 Å². The van der Waals surface area contributed by atoms with E-state index < -0.39 is 11.9 Å². The smallest absolute Gasteiger partial charge is 0.240 e. The van der Waals surface area contributed by atoms with Gasteiger partial charge in [0.15, 0.2) is 0 Å². The second kappa shape index (κ2) is 8.24. The minimum Gasteiger partial charge on any atom is -0.493 e. The fraction of sp³-hybridized carbons (Fsp3) is 0.467. The van der Waals surface area contributed by atoms with Crippen molar-refractivity contribution in [2.75, 3.05) is 6.61 Å². The molecule has 1 aromatic carbocycles. The largest absolute Gasteiger partial charge is 0.493 e. The Morgan fingerprint density at radius 1 is 1.33 bits per heavy atom. The number of ether oxygens (including phenoxy) is 1. The van der Waals surface area contributed by atoms with Crippen LogP contribution in [0.15, 0.2) is 24.3 Å². The highest BCUT2D eigenvalue weighted by atomic mass is 19.1. The van der Waals surface area contributed by atoms with Crippen LogP contribution in [-0.2, 0) is 9.59 Å². The first-order valence-electron chi connectivity index (χ1n) is 6.91. The summed E-state index contributed by atoms with van der Waals surface area (Å²) in [5.41, 5.74) is 5.27. The number of nitrogens with one attached hydrogen (secondary N) is 1. The molecule has 0 saturated heterocycles. The lowest BCUT2D eigenvalue weighted by Crippen LogP contribution is -2.48. The Balaban J connectivity index is 2.39. The maximum atomic E-state index is 12.7. The van der Waals surface area contributed by atoms with Crippen molar-refractivity contribution >= 4 is 11.8 Å². The predicted molar refractivity (Wildman–Crippen MR) is 77.1 cm³/mol. The number of hydrogen-bond acceptors (Lipinski definition) is 3. The van der Waals surface area contributed by atoms with Gasteiger partial charge in [-0.25, -0.2) is 4.39 Å². The molecule has 0 bridgehead atoms. The molecule has 1 rings (SSSR count). The first kappa shape index (κ1) is 16.9. The summed E-state index contributed by atoms with van der Waals surface area (Å²) in [6.07, 6.45) is 0.831. The van der Waals surface area contributed by atoms with Crippen LogP contribution < -0.4 is 15.8 Å². The van der Waals surface area contributed by atoms with Crippen molar-refractivity contribution in [3.05, 3.63) is 30.1 Å². The van der Waals surface area contributed by atoms with Gasteiger partial charge in [0.2, 0.25) is 11.8 Å². The van der Waals surface area contributed by atoms with Gasteiger partial charge < -0.3 is 15.8 Å². The van der Waals surface area contributed by atoms with E-state index in [4.69, 9.17) is 10.5 Å². The van der Waals surface area contributed by atoms with Crippen molar-refractivity contribution in [2.24, 2.45) is 11.7 Å². The van der Waals surface area contributed by atoms with E-state index >= 15 is 0 Å². The molecule has 5 nitrogen and oxygen atoms in total. The molecule has 0 saturated carbocycles. The minimum atomic E-state index is -0.673. The molecule has 0 aliphatic carbocycles. The maximum Gasteiger partial charge on any atom is 0.240 e. The number of amides is 2. The summed E-state index contributed by atoms with van der Waals surface area (Å²) in [5.74, 6) is -0.738. The number of carbonyl (C=O) groups is 2. The summed E-state index contributed by atoms with van der Waals surface area (Å²) in [4.78, 5) is 23.1. The average molecular weight is 296 g/mol. The third kappa shape index (κ3) is 5.81. The SMILES string of the molecule is CCC(C)C(NC(=O)CCOc1ccc(F)cc1)C(N)=O. The van der Waals surface area contributed by atoms with E-state index in [0.29, 0.717) is 5.75 Å². The van der Waals surface area contributed by atoms with Crippen molar-refractivity contribution in [2.45, 2.75) is 32.7 Å². The molecule has 0 aliphatic heterocycles. The van der Waals surface area contributed by atoms with Gasteiger partial charge in [0, 0.05) is 0 Å². The fourth-order valence-electron chi connectivity index (χ4n) is 1.77.